The lowest BCUT2D eigenvalue weighted by atomic mass is 9.88. The summed E-state index contributed by atoms with van der Waals surface area (Å²) < 4.78 is 5.78. The maximum absolute atomic E-state index is 13.8. The van der Waals surface area contributed by atoms with Gasteiger partial charge in [0.2, 0.25) is 11.8 Å². The van der Waals surface area contributed by atoms with E-state index in [1.54, 1.807) is 24.3 Å². The van der Waals surface area contributed by atoms with Gasteiger partial charge in [0, 0.05) is 29.1 Å². The second kappa shape index (κ2) is 17.4. The molecule has 1 aliphatic rings. The number of carboxylic acids is 1. The number of aliphatic hydroxyl groups is 1. The summed E-state index contributed by atoms with van der Waals surface area (Å²) in [6, 6.07) is 1.90. The van der Waals surface area contributed by atoms with Crippen LogP contribution >= 0.6 is 0 Å². The fourth-order valence-corrected chi connectivity index (χ4v) is 5.69. The number of cyclic esters (lactones) is 1. The van der Waals surface area contributed by atoms with Crippen LogP contribution in [0, 0.1) is 11.8 Å². The molecule has 0 aliphatic carbocycles. The number of aromatic nitrogens is 1. The number of Topliss-reactive ketones (excluding diaryl/α,β-unsaturated/α-hetero) is 1. The third-order valence-electron chi connectivity index (χ3n) is 8.46. The van der Waals surface area contributed by atoms with Crippen molar-refractivity contribution < 1.29 is 43.7 Å². The molecular formula is C33H46N4O9. The summed E-state index contributed by atoms with van der Waals surface area (Å²) in [6.07, 6.45) is 6.43. The first-order chi connectivity index (χ1) is 22.0. The smallest absolute Gasteiger partial charge is 0.331 e. The van der Waals surface area contributed by atoms with Gasteiger partial charge in [-0.2, -0.15) is 0 Å². The Kier molecular flexibility index (Phi) is 13.7. The monoisotopic (exact) mass is 642 g/mol. The lowest BCUT2D eigenvalue weighted by Crippen LogP contribution is -2.58. The van der Waals surface area contributed by atoms with Crippen molar-refractivity contribution in [3.05, 3.63) is 36.0 Å². The molecular weight excluding hydrogens is 596 g/mol. The first-order valence-corrected chi connectivity index (χ1v) is 16.0. The molecule has 3 rings (SSSR count). The van der Waals surface area contributed by atoms with Gasteiger partial charge in [0.1, 0.15) is 12.1 Å². The van der Waals surface area contributed by atoms with E-state index in [0.717, 1.165) is 38.5 Å². The molecule has 3 amide bonds. The zero-order valence-corrected chi connectivity index (χ0v) is 26.7. The summed E-state index contributed by atoms with van der Waals surface area (Å²) in [5, 5.41) is 27.1. The molecule has 0 unspecified atom stereocenters. The summed E-state index contributed by atoms with van der Waals surface area (Å²) in [7, 11) is 0. The van der Waals surface area contributed by atoms with Gasteiger partial charge in [0.25, 0.3) is 5.91 Å². The summed E-state index contributed by atoms with van der Waals surface area (Å²) in [4.78, 5) is 82.0. The van der Waals surface area contributed by atoms with Crippen molar-refractivity contribution in [1.82, 2.24) is 20.9 Å². The number of esters is 1. The fraction of sp³-hybridized carbons (Fsp3) is 0.576. The number of aliphatic carboxylic acids is 1. The quantitative estimate of drug-likeness (QED) is 0.0775. The number of carbonyl (C=O) groups is 6. The highest BCUT2D eigenvalue weighted by Gasteiger charge is 2.40. The number of unbranched alkanes of at least 4 members (excludes halogenated alkanes) is 5. The van der Waals surface area contributed by atoms with Gasteiger partial charge in [0.15, 0.2) is 17.9 Å². The first-order valence-electron chi connectivity index (χ1n) is 16.0. The molecule has 2 heterocycles. The predicted octanol–water partition coefficient (Wildman–Crippen LogP) is 2.61. The summed E-state index contributed by atoms with van der Waals surface area (Å²) in [6.45, 7) is 4.64. The Morgan fingerprint density at radius 1 is 0.913 bits per heavy atom. The molecule has 46 heavy (non-hydrogen) atoms. The minimum absolute atomic E-state index is 0.0758. The van der Waals surface area contributed by atoms with E-state index in [1.165, 1.54) is 13.1 Å². The average Bonchev–Trinajstić information content (AvgIpc) is 3.47. The Morgan fingerprint density at radius 2 is 1.59 bits per heavy atom. The van der Waals surface area contributed by atoms with E-state index in [1.807, 2.05) is 6.92 Å². The van der Waals surface area contributed by atoms with E-state index in [9.17, 15) is 39.0 Å². The van der Waals surface area contributed by atoms with Crippen molar-refractivity contribution in [3.8, 4) is 0 Å². The SMILES string of the molecule is CCCCCCCC[C@@H](C)[C@@H]1OC(=O)[C@H](CO)NC(=O)[C@H](C(=O)c2c[nH]c3ccccc23)NC(=O)[C@@H](CCC(=O)O)NC(=O)[C@H]1C. The normalized spacial score (nSPS) is 23.6. The van der Waals surface area contributed by atoms with Crippen LogP contribution in [-0.2, 0) is 28.7 Å². The number of amides is 3. The van der Waals surface area contributed by atoms with Crippen LogP contribution in [0.3, 0.4) is 0 Å². The first kappa shape index (κ1) is 36.2. The minimum Gasteiger partial charge on any atom is -0.481 e. The molecule has 13 heteroatoms. The van der Waals surface area contributed by atoms with Crippen molar-refractivity contribution in [2.45, 2.75) is 103 Å². The van der Waals surface area contributed by atoms with Crippen molar-refractivity contribution in [2.24, 2.45) is 11.8 Å². The molecule has 1 saturated heterocycles. The fourth-order valence-electron chi connectivity index (χ4n) is 5.69. The number of ether oxygens (including phenoxy) is 1. The van der Waals surface area contributed by atoms with Crippen molar-refractivity contribution in [3.63, 3.8) is 0 Å². The van der Waals surface area contributed by atoms with E-state index in [0.29, 0.717) is 17.3 Å². The van der Waals surface area contributed by atoms with Gasteiger partial charge >= 0.3 is 11.9 Å². The number of hydrogen-bond donors (Lipinski definition) is 6. The van der Waals surface area contributed by atoms with Gasteiger partial charge < -0.3 is 35.9 Å². The lowest BCUT2D eigenvalue weighted by molar-refractivity contribution is -0.161. The molecule has 13 nitrogen and oxygen atoms in total. The second-order valence-corrected chi connectivity index (χ2v) is 12.0. The number of hydrogen-bond acceptors (Lipinski definition) is 8. The van der Waals surface area contributed by atoms with E-state index in [2.05, 4.69) is 27.9 Å². The summed E-state index contributed by atoms with van der Waals surface area (Å²) in [5.41, 5.74) is 0.674. The minimum atomic E-state index is -1.89. The highest BCUT2D eigenvalue weighted by atomic mass is 16.5. The topological polar surface area (TPSA) is 204 Å². The van der Waals surface area contributed by atoms with E-state index >= 15 is 0 Å². The van der Waals surface area contributed by atoms with Crippen molar-refractivity contribution in [2.75, 3.05) is 6.61 Å². The summed E-state index contributed by atoms with van der Waals surface area (Å²) in [5.74, 6) is -7.04. The van der Waals surface area contributed by atoms with Gasteiger partial charge in [-0.15, -0.1) is 0 Å². The Bertz CT molecular complexity index is 1390. The number of ketones is 1. The third kappa shape index (κ3) is 9.62. The molecule has 0 saturated carbocycles. The number of H-pyrrole nitrogens is 1. The predicted molar refractivity (Wildman–Crippen MR) is 169 cm³/mol. The average molecular weight is 643 g/mol. The highest BCUT2D eigenvalue weighted by Crippen LogP contribution is 2.25. The van der Waals surface area contributed by atoms with E-state index < -0.39 is 78.6 Å². The lowest BCUT2D eigenvalue weighted by Gasteiger charge is -2.31. The van der Waals surface area contributed by atoms with Crippen LogP contribution in [-0.4, -0.2) is 81.5 Å². The van der Waals surface area contributed by atoms with Crippen LogP contribution in [0.1, 0.15) is 88.9 Å². The van der Waals surface area contributed by atoms with Crippen LogP contribution in [0.25, 0.3) is 10.9 Å². The maximum Gasteiger partial charge on any atom is 0.331 e. The molecule has 0 bridgehead atoms. The van der Waals surface area contributed by atoms with Gasteiger partial charge in [-0.1, -0.05) is 77.5 Å². The summed E-state index contributed by atoms with van der Waals surface area (Å²) >= 11 is 0. The molecule has 1 aromatic heterocycles. The Hall–Kier alpha value is -4.26. The molecule has 6 atom stereocenters. The van der Waals surface area contributed by atoms with Crippen molar-refractivity contribution >= 4 is 46.3 Å². The molecule has 1 aromatic carbocycles. The number of rotatable bonds is 14. The molecule has 0 spiro atoms. The molecule has 0 radical (unpaired) electrons. The molecule has 252 valence electrons. The van der Waals surface area contributed by atoms with E-state index in [-0.39, 0.29) is 17.9 Å². The standard InChI is InChI=1S/C33H46N4O9/c1-4-5-6-7-8-9-12-19(2)29-20(3)30(42)35-24(15-16-26(39)40)31(43)37-27(32(44)36-25(18-38)33(45)46-29)28(41)22-17-34-23-14-11-10-13-21(22)23/h10-11,13-14,17,19-20,24-25,27,29,34,38H,4-9,12,15-16,18H2,1-3H3,(H,35,42)(H,36,44)(H,37,43)(H,39,40)/t19-,20+,24-,25+,27+,29+/m1/s1. The third-order valence-corrected chi connectivity index (χ3v) is 8.46. The van der Waals surface area contributed by atoms with Gasteiger partial charge in [0.05, 0.1) is 12.5 Å². The maximum atomic E-state index is 13.8. The Balaban J connectivity index is 1.95. The van der Waals surface area contributed by atoms with Crippen LogP contribution in [0.2, 0.25) is 0 Å². The molecule has 1 aliphatic heterocycles. The zero-order chi connectivity index (χ0) is 33.8. The van der Waals surface area contributed by atoms with Crippen LogP contribution in [0.15, 0.2) is 30.5 Å². The van der Waals surface area contributed by atoms with Gasteiger partial charge in [-0.3, -0.25) is 24.0 Å². The van der Waals surface area contributed by atoms with E-state index in [4.69, 9.17) is 4.74 Å². The molecule has 2 aromatic rings. The number of aliphatic hydroxyl groups excluding tert-OH is 1. The number of carboxylic acid groups (broad SMARTS) is 1. The number of benzene rings is 1. The van der Waals surface area contributed by atoms with Crippen LogP contribution < -0.4 is 16.0 Å². The zero-order valence-electron chi connectivity index (χ0n) is 26.7. The molecule has 6 N–H and O–H groups in total. The Labute approximate surface area is 268 Å². The Morgan fingerprint density at radius 3 is 2.28 bits per heavy atom. The largest absolute Gasteiger partial charge is 0.481 e. The highest BCUT2D eigenvalue weighted by molar-refractivity contribution is 6.20. The number of fused-ring (bicyclic) bond motifs is 1. The van der Waals surface area contributed by atoms with Crippen molar-refractivity contribution in [1.29, 1.82) is 0 Å². The van der Waals surface area contributed by atoms with Gasteiger partial charge in [-0.05, 0) is 24.8 Å². The number of para-hydroxylation sites is 1. The number of carbonyl (C=O) groups excluding carboxylic acids is 5. The number of nitrogens with one attached hydrogen (secondary N) is 4. The van der Waals surface area contributed by atoms with Crippen LogP contribution in [0.5, 0.6) is 0 Å². The van der Waals surface area contributed by atoms with Crippen LogP contribution in [0.4, 0.5) is 0 Å². The van der Waals surface area contributed by atoms with Gasteiger partial charge in [-0.25, -0.2) is 4.79 Å². The second-order valence-electron chi connectivity index (χ2n) is 12.0. The number of aromatic amines is 1. The molecule has 1 fully saturated rings.